The molecule has 1 aromatic rings. The fourth-order valence-corrected chi connectivity index (χ4v) is 1.54. The van der Waals surface area contributed by atoms with Crippen molar-refractivity contribution in [1.29, 1.82) is 0 Å². The highest BCUT2D eigenvalue weighted by Gasteiger charge is 2.14. The van der Waals surface area contributed by atoms with Crippen LogP contribution in [0.25, 0.3) is 0 Å². The highest BCUT2D eigenvalue weighted by atomic mass is 16.1. The Kier molecular flexibility index (Phi) is 5.14. The van der Waals surface area contributed by atoms with Gasteiger partial charge < -0.3 is 11.1 Å². The van der Waals surface area contributed by atoms with Crippen LogP contribution >= 0.6 is 0 Å². The van der Waals surface area contributed by atoms with Crippen molar-refractivity contribution < 1.29 is 4.79 Å². The van der Waals surface area contributed by atoms with Crippen LogP contribution in [0.1, 0.15) is 42.3 Å². The lowest BCUT2D eigenvalue weighted by Crippen LogP contribution is -2.32. The van der Waals surface area contributed by atoms with Gasteiger partial charge in [0.2, 0.25) is 0 Å². The molecule has 1 aromatic carbocycles. The molecular weight excluding hydrogens is 236 g/mol. The molecule has 1 amide bonds. The molecule has 0 atom stereocenters. The van der Waals surface area contributed by atoms with Gasteiger partial charge in [0.1, 0.15) is 0 Å². The van der Waals surface area contributed by atoms with Crippen LogP contribution in [0, 0.1) is 24.2 Å². The number of nitrogens with two attached hydrogens (primary N) is 1. The SMILES string of the molecule is Cc1ccc(C#CCN)cc1C(=O)NCC(C)(C)C. The molecule has 102 valence electrons. The lowest BCUT2D eigenvalue weighted by atomic mass is 9.96. The van der Waals surface area contributed by atoms with Gasteiger partial charge in [-0.3, -0.25) is 4.79 Å². The van der Waals surface area contributed by atoms with E-state index in [1.807, 2.05) is 25.1 Å². The number of amides is 1. The number of aryl methyl sites for hydroxylation is 1. The van der Waals surface area contributed by atoms with E-state index in [1.54, 1.807) is 0 Å². The van der Waals surface area contributed by atoms with Crippen molar-refractivity contribution in [2.75, 3.05) is 13.1 Å². The van der Waals surface area contributed by atoms with Crippen LogP contribution in [0.4, 0.5) is 0 Å². The van der Waals surface area contributed by atoms with E-state index in [0.717, 1.165) is 11.1 Å². The summed E-state index contributed by atoms with van der Waals surface area (Å²) in [6.07, 6.45) is 0. The molecule has 0 fully saturated rings. The standard InChI is InChI=1S/C16H22N2O/c1-12-7-8-13(6-5-9-17)10-14(12)15(19)18-11-16(2,3)4/h7-8,10H,9,11,17H2,1-4H3,(H,18,19). The largest absolute Gasteiger partial charge is 0.352 e. The van der Waals surface area contributed by atoms with Gasteiger partial charge in [0.25, 0.3) is 5.91 Å². The molecule has 1 rings (SSSR count). The normalized spacial score (nSPS) is 10.6. The Labute approximate surface area is 115 Å². The molecule has 3 N–H and O–H groups in total. The summed E-state index contributed by atoms with van der Waals surface area (Å²) >= 11 is 0. The zero-order valence-corrected chi connectivity index (χ0v) is 12.1. The number of carbonyl (C=O) groups excluding carboxylic acids is 1. The highest BCUT2D eigenvalue weighted by molar-refractivity contribution is 5.96. The first kappa shape index (κ1) is 15.3. The molecule has 0 heterocycles. The number of rotatable bonds is 2. The van der Waals surface area contributed by atoms with Gasteiger partial charge in [0.15, 0.2) is 0 Å². The van der Waals surface area contributed by atoms with Crippen molar-refractivity contribution in [3.63, 3.8) is 0 Å². The van der Waals surface area contributed by atoms with Crippen molar-refractivity contribution >= 4 is 5.91 Å². The number of hydrogen-bond donors (Lipinski definition) is 2. The lowest BCUT2D eigenvalue weighted by molar-refractivity contribution is 0.0938. The molecule has 0 spiro atoms. The molecule has 19 heavy (non-hydrogen) atoms. The van der Waals surface area contributed by atoms with E-state index in [2.05, 4.69) is 37.9 Å². The minimum atomic E-state index is -0.0520. The maximum absolute atomic E-state index is 12.2. The quantitative estimate of drug-likeness (QED) is 0.798. The lowest BCUT2D eigenvalue weighted by Gasteiger charge is -2.19. The molecule has 0 aliphatic carbocycles. The Bertz CT molecular complexity index is 516. The average molecular weight is 258 g/mol. The Morgan fingerprint density at radius 1 is 1.37 bits per heavy atom. The third kappa shape index (κ3) is 5.15. The minimum Gasteiger partial charge on any atom is -0.352 e. The van der Waals surface area contributed by atoms with Gasteiger partial charge in [0, 0.05) is 17.7 Å². The van der Waals surface area contributed by atoms with Crippen molar-refractivity contribution in [2.24, 2.45) is 11.1 Å². The molecule has 0 radical (unpaired) electrons. The molecular formula is C16H22N2O. The van der Waals surface area contributed by atoms with E-state index >= 15 is 0 Å². The number of hydrogen-bond acceptors (Lipinski definition) is 2. The second-order valence-electron chi connectivity index (χ2n) is 5.78. The second-order valence-corrected chi connectivity index (χ2v) is 5.78. The predicted molar refractivity (Wildman–Crippen MR) is 78.9 cm³/mol. The van der Waals surface area contributed by atoms with Gasteiger partial charge in [0.05, 0.1) is 6.54 Å². The van der Waals surface area contributed by atoms with Gasteiger partial charge in [-0.2, -0.15) is 0 Å². The topological polar surface area (TPSA) is 55.1 Å². The fraction of sp³-hybridized carbons (Fsp3) is 0.438. The third-order valence-corrected chi connectivity index (χ3v) is 2.60. The van der Waals surface area contributed by atoms with Crippen molar-refractivity contribution in [3.05, 3.63) is 34.9 Å². The van der Waals surface area contributed by atoms with Crippen LogP contribution in [0.2, 0.25) is 0 Å². The summed E-state index contributed by atoms with van der Waals surface area (Å²) in [6, 6.07) is 5.63. The molecule has 3 nitrogen and oxygen atoms in total. The van der Waals surface area contributed by atoms with E-state index in [0.29, 0.717) is 18.7 Å². The first-order valence-corrected chi connectivity index (χ1v) is 6.41. The molecule has 0 aliphatic rings. The number of benzene rings is 1. The van der Waals surface area contributed by atoms with E-state index in [1.165, 1.54) is 0 Å². The molecule has 0 bridgehead atoms. The molecule has 0 aliphatic heterocycles. The Morgan fingerprint density at radius 3 is 2.63 bits per heavy atom. The maximum Gasteiger partial charge on any atom is 0.251 e. The van der Waals surface area contributed by atoms with E-state index in [9.17, 15) is 4.79 Å². The highest BCUT2D eigenvalue weighted by Crippen LogP contribution is 2.13. The smallest absolute Gasteiger partial charge is 0.251 e. The summed E-state index contributed by atoms with van der Waals surface area (Å²) in [7, 11) is 0. The summed E-state index contributed by atoms with van der Waals surface area (Å²) < 4.78 is 0. The van der Waals surface area contributed by atoms with Crippen molar-refractivity contribution in [2.45, 2.75) is 27.7 Å². The second kappa shape index (κ2) is 6.40. The van der Waals surface area contributed by atoms with E-state index in [4.69, 9.17) is 5.73 Å². The maximum atomic E-state index is 12.2. The van der Waals surface area contributed by atoms with Crippen molar-refractivity contribution in [3.8, 4) is 11.8 Å². The Balaban J connectivity index is 2.89. The third-order valence-electron chi connectivity index (χ3n) is 2.60. The Morgan fingerprint density at radius 2 is 2.05 bits per heavy atom. The average Bonchev–Trinajstić information content (AvgIpc) is 2.34. The summed E-state index contributed by atoms with van der Waals surface area (Å²) in [5.41, 5.74) is 7.86. The van der Waals surface area contributed by atoms with Crippen LogP contribution in [0.15, 0.2) is 18.2 Å². The van der Waals surface area contributed by atoms with Crippen LogP contribution < -0.4 is 11.1 Å². The van der Waals surface area contributed by atoms with Gasteiger partial charge >= 0.3 is 0 Å². The fourth-order valence-electron chi connectivity index (χ4n) is 1.54. The molecule has 0 unspecified atom stereocenters. The summed E-state index contributed by atoms with van der Waals surface area (Å²) in [4.78, 5) is 12.2. The zero-order chi connectivity index (χ0) is 14.5. The summed E-state index contributed by atoms with van der Waals surface area (Å²) in [5, 5.41) is 2.95. The molecule has 0 aromatic heterocycles. The van der Waals surface area contributed by atoms with Gasteiger partial charge in [-0.05, 0) is 30.0 Å². The predicted octanol–water partition coefficient (Wildman–Crippen LogP) is 2.08. The van der Waals surface area contributed by atoms with Crippen LogP contribution in [0.5, 0.6) is 0 Å². The minimum absolute atomic E-state index is 0.0520. The first-order valence-electron chi connectivity index (χ1n) is 6.41. The van der Waals surface area contributed by atoms with Crippen LogP contribution in [-0.2, 0) is 0 Å². The molecule has 0 saturated carbocycles. The monoisotopic (exact) mass is 258 g/mol. The van der Waals surface area contributed by atoms with E-state index in [-0.39, 0.29) is 11.3 Å². The summed E-state index contributed by atoms with van der Waals surface area (Å²) in [6.45, 7) is 9.14. The molecule has 3 heteroatoms. The van der Waals surface area contributed by atoms with Gasteiger partial charge in [-0.25, -0.2) is 0 Å². The zero-order valence-electron chi connectivity index (χ0n) is 12.1. The summed E-state index contributed by atoms with van der Waals surface area (Å²) in [5.74, 6) is 5.68. The molecule has 0 saturated heterocycles. The first-order chi connectivity index (χ1) is 8.83. The van der Waals surface area contributed by atoms with Crippen molar-refractivity contribution in [1.82, 2.24) is 5.32 Å². The van der Waals surface area contributed by atoms with Crippen LogP contribution in [-0.4, -0.2) is 19.0 Å². The number of carbonyl (C=O) groups is 1. The van der Waals surface area contributed by atoms with Gasteiger partial charge in [-0.15, -0.1) is 0 Å². The van der Waals surface area contributed by atoms with E-state index < -0.39 is 0 Å². The Hall–Kier alpha value is -1.79. The van der Waals surface area contributed by atoms with Crippen LogP contribution in [0.3, 0.4) is 0 Å². The van der Waals surface area contributed by atoms with Gasteiger partial charge in [-0.1, -0.05) is 38.7 Å². The number of nitrogens with one attached hydrogen (secondary N) is 1.